The van der Waals surface area contributed by atoms with E-state index in [0.717, 1.165) is 11.3 Å². The summed E-state index contributed by atoms with van der Waals surface area (Å²) in [6.07, 6.45) is 0. The maximum absolute atomic E-state index is 12.6. The molecule has 2 aliphatic rings. The summed E-state index contributed by atoms with van der Waals surface area (Å²) in [5.74, 6) is 0.756. The van der Waals surface area contributed by atoms with E-state index in [1.54, 1.807) is 14.0 Å². The predicted octanol–water partition coefficient (Wildman–Crippen LogP) is 2.73. The largest absolute Gasteiger partial charge is 0.497 e. The van der Waals surface area contributed by atoms with Gasteiger partial charge >= 0.3 is 0 Å². The Morgan fingerprint density at radius 1 is 0.864 bits per heavy atom. The lowest BCUT2D eigenvalue weighted by molar-refractivity contribution is -0.145. The van der Waals surface area contributed by atoms with Crippen LogP contribution in [0.15, 0.2) is 35.6 Å². The third kappa shape index (κ3) is 1.90. The summed E-state index contributed by atoms with van der Waals surface area (Å²) < 4.78 is 10.3. The number of benzene rings is 1. The number of fused-ring (bicyclic) bond motifs is 1. The van der Waals surface area contributed by atoms with Crippen LogP contribution in [0.25, 0.3) is 0 Å². The number of rotatable bonds is 3. The molecule has 22 heavy (non-hydrogen) atoms. The molecule has 1 aromatic carbocycles. The number of hydrogen-bond acceptors (Lipinski definition) is 4. The van der Waals surface area contributed by atoms with Crippen LogP contribution in [0, 0.1) is 17.8 Å². The van der Waals surface area contributed by atoms with Gasteiger partial charge in [-0.2, -0.15) is 0 Å². The second-order valence-corrected chi connectivity index (χ2v) is 6.10. The smallest absolute Gasteiger partial charge is 0.201 e. The molecule has 4 atom stereocenters. The lowest BCUT2D eigenvalue weighted by Gasteiger charge is -2.51. The summed E-state index contributed by atoms with van der Waals surface area (Å²) in [4.78, 5) is 25.1. The van der Waals surface area contributed by atoms with E-state index in [-0.39, 0.29) is 41.0 Å². The Bertz CT molecular complexity index is 656. The Hall–Kier alpha value is -2.10. The van der Waals surface area contributed by atoms with Gasteiger partial charge in [-0.3, -0.25) is 9.59 Å². The van der Waals surface area contributed by atoms with Gasteiger partial charge in [-0.1, -0.05) is 19.1 Å². The number of hydrogen-bond donors (Lipinski definition) is 0. The van der Waals surface area contributed by atoms with Crippen molar-refractivity contribution in [1.82, 2.24) is 0 Å². The Morgan fingerprint density at radius 2 is 1.50 bits per heavy atom. The average Bonchev–Trinajstić information content (AvgIpc) is 2.52. The molecule has 1 fully saturated rings. The van der Waals surface area contributed by atoms with Crippen molar-refractivity contribution in [2.24, 2.45) is 17.8 Å². The molecule has 0 N–H and O–H groups in total. The zero-order valence-electron chi connectivity index (χ0n) is 13.3. The van der Waals surface area contributed by atoms with Crippen molar-refractivity contribution < 1.29 is 19.1 Å². The Balaban J connectivity index is 1.96. The molecule has 0 heterocycles. The van der Waals surface area contributed by atoms with Gasteiger partial charge in [0.2, 0.25) is 5.78 Å². The molecule has 3 rings (SSSR count). The molecule has 0 bridgehead atoms. The van der Waals surface area contributed by atoms with E-state index < -0.39 is 0 Å². The lowest BCUT2D eigenvalue weighted by atomic mass is 9.50. The predicted molar refractivity (Wildman–Crippen MR) is 81.6 cm³/mol. The molecule has 0 radical (unpaired) electrons. The molecule has 0 saturated heterocycles. The summed E-state index contributed by atoms with van der Waals surface area (Å²) >= 11 is 0. The molecule has 4 nitrogen and oxygen atoms in total. The van der Waals surface area contributed by atoms with Crippen molar-refractivity contribution in [1.29, 1.82) is 0 Å². The van der Waals surface area contributed by atoms with E-state index in [9.17, 15) is 9.59 Å². The molecule has 1 aromatic rings. The quantitative estimate of drug-likeness (QED) is 0.861. The summed E-state index contributed by atoms with van der Waals surface area (Å²) in [7, 11) is 3.08. The van der Waals surface area contributed by atoms with Crippen LogP contribution < -0.4 is 4.74 Å². The van der Waals surface area contributed by atoms with Crippen LogP contribution in [0.4, 0.5) is 0 Å². The summed E-state index contributed by atoms with van der Waals surface area (Å²) in [5, 5.41) is 0. The Labute approximate surface area is 130 Å². The van der Waals surface area contributed by atoms with E-state index in [0.29, 0.717) is 5.57 Å². The van der Waals surface area contributed by atoms with E-state index in [4.69, 9.17) is 9.47 Å². The monoisotopic (exact) mass is 300 g/mol. The van der Waals surface area contributed by atoms with Crippen molar-refractivity contribution in [3.05, 3.63) is 41.2 Å². The van der Waals surface area contributed by atoms with Gasteiger partial charge in [0.1, 0.15) is 5.75 Å². The molecule has 0 aromatic heterocycles. The summed E-state index contributed by atoms with van der Waals surface area (Å²) in [6, 6.07) is 7.76. The highest BCUT2D eigenvalue weighted by atomic mass is 16.5. The summed E-state index contributed by atoms with van der Waals surface area (Å²) in [5.41, 5.74) is 1.54. The fraction of sp³-hybridized carbons (Fsp3) is 0.444. The minimum Gasteiger partial charge on any atom is -0.497 e. The number of Topliss-reactive ketones (excluding diaryl/α,β-unsaturated/α-hetero) is 2. The van der Waals surface area contributed by atoms with Crippen LogP contribution in [0.5, 0.6) is 5.75 Å². The van der Waals surface area contributed by atoms with Crippen LogP contribution in [0.2, 0.25) is 0 Å². The molecule has 0 aliphatic heterocycles. The molecule has 0 spiro atoms. The average molecular weight is 300 g/mol. The minimum atomic E-state index is -0.255. The van der Waals surface area contributed by atoms with E-state index in [1.165, 1.54) is 7.11 Å². The number of carbonyl (C=O) groups excluding carboxylic acids is 2. The molecule has 2 unspecified atom stereocenters. The Morgan fingerprint density at radius 3 is 2.05 bits per heavy atom. The first-order valence-electron chi connectivity index (χ1n) is 7.48. The minimum absolute atomic E-state index is 0.0261. The van der Waals surface area contributed by atoms with Crippen molar-refractivity contribution >= 4 is 11.6 Å². The van der Waals surface area contributed by atoms with Crippen LogP contribution >= 0.6 is 0 Å². The highest BCUT2D eigenvalue weighted by molar-refractivity contribution is 6.14. The van der Waals surface area contributed by atoms with E-state index >= 15 is 0 Å². The number of ether oxygens (including phenoxy) is 2. The van der Waals surface area contributed by atoms with Crippen molar-refractivity contribution in [3.63, 3.8) is 0 Å². The molecular weight excluding hydrogens is 280 g/mol. The molecule has 116 valence electrons. The van der Waals surface area contributed by atoms with Gasteiger partial charge in [0, 0.05) is 17.4 Å². The standard InChI is InChI=1S/C18H20O4/c1-9-13(11-5-7-12(21-3)8-6-11)15-14(9)17(20)18(22-4)10(2)16(15)19/h5-9,13-15H,1-4H3/t9-,13+,14?,15?/m1/s1. The maximum atomic E-state index is 12.6. The van der Waals surface area contributed by atoms with Gasteiger partial charge in [-0.05, 0) is 36.5 Å². The number of ketones is 2. The van der Waals surface area contributed by atoms with E-state index in [1.807, 2.05) is 31.2 Å². The lowest BCUT2D eigenvalue weighted by Crippen LogP contribution is -2.55. The zero-order valence-corrected chi connectivity index (χ0v) is 13.3. The van der Waals surface area contributed by atoms with Crippen LogP contribution in [0.3, 0.4) is 0 Å². The van der Waals surface area contributed by atoms with E-state index in [2.05, 4.69) is 0 Å². The first kappa shape index (κ1) is 14.8. The topological polar surface area (TPSA) is 52.6 Å². The van der Waals surface area contributed by atoms with Gasteiger partial charge in [-0.25, -0.2) is 0 Å². The SMILES string of the molecule is COC1=C(C)C(=O)C2C(C1=O)[C@H](C)[C@H]2c1ccc(OC)cc1. The molecule has 1 saturated carbocycles. The normalized spacial score (nSPS) is 30.7. The van der Waals surface area contributed by atoms with Gasteiger partial charge in [0.05, 0.1) is 14.2 Å². The van der Waals surface area contributed by atoms with Crippen molar-refractivity contribution in [3.8, 4) is 5.75 Å². The van der Waals surface area contributed by atoms with Crippen molar-refractivity contribution in [2.45, 2.75) is 19.8 Å². The molecule has 4 heteroatoms. The number of methoxy groups -OCH3 is 2. The third-order valence-corrected chi connectivity index (χ3v) is 5.15. The Kier molecular flexibility index (Phi) is 3.55. The molecule has 2 aliphatic carbocycles. The zero-order chi connectivity index (χ0) is 16.0. The third-order valence-electron chi connectivity index (χ3n) is 5.15. The van der Waals surface area contributed by atoms with Crippen LogP contribution in [-0.2, 0) is 14.3 Å². The van der Waals surface area contributed by atoms with Crippen molar-refractivity contribution in [2.75, 3.05) is 14.2 Å². The first-order valence-corrected chi connectivity index (χ1v) is 7.48. The highest BCUT2D eigenvalue weighted by Gasteiger charge is 2.58. The molecular formula is C18H20O4. The first-order chi connectivity index (χ1) is 10.5. The maximum Gasteiger partial charge on any atom is 0.201 e. The second-order valence-electron chi connectivity index (χ2n) is 6.10. The van der Waals surface area contributed by atoms with Crippen LogP contribution in [0.1, 0.15) is 25.3 Å². The number of allylic oxidation sites excluding steroid dienone is 2. The second kappa shape index (κ2) is 5.27. The highest BCUT2D eigenvalue weighted by Crippen LogP contribution is 2.56. The van der Waals surface area contributed by atoms with Gasteiger partial charge in [-0.15, -0.1) is 0 Å². The number of carbonyl (C=O) groups is 2. The fourth-order valence-corrected chi connectivity index (χ4v) is 3.97. The molecule has 0 amide bonds. The summed E-state index contributed by atoms with van der Waals surface area (Å²) in [6.45, 7) is 3.72. The van der Waals surface area contributed by atoms with Crippen LogP contribution in [-0.4, -0.2) is 25.8 Å². The van der Waals surface area contributed by atoms with Gasteiger partial charge < -0.3 is 9.47 Å². The fourth-order valence-electron chi connectivity index (χ4n) is 3.97. The van der Waals surface area contributed by atoms with Gasteiger partial charge in [0.15, 0.2) is 11.5 Å². The van der Waals surface area contributed by atoms with Gasteiger partial charge in [0.25, 0.3) is 0 Å².